The SMILES string of the molecule is CCCCCCC[n+]1cnn(CCC(F)(F)C(F)(F)C(F)(F)C(F)(F)F)c1. The first-order chi connectivity index (χ1) is 12.3. The monoisotopic (exact) mass is 414 g/mol. The second-order valence-corrected chi connectivity index (χ2v) is 6.26. The van der Waals surface area contributed by atoms with Gasteiger partial charge in [-0.1, -0.05) is 32.6 Å². The fraction of sp³-hybridized carbons (Fsp3) is 0.867. The zero-order valence-electron chi connectivity index (χ0n) is 14.6. The van der Waals surface area contributed by atoms with Crippen molar-refractivity contribution in [2.75, 3.05) is 0 Å². The summed E-state index contributed by atoms with van der Waals surface area (Å²) in [6.45, 7) is 1.59. The highest BCUT2D eigenvalue weighted by atomic mass is 19.4. The summed E-state index contributed by atoms with van der Waals surface area (Å²) < 4.78 is 117. The molecule has 27 heavy (non-hydrogen) atoms. The summed E-state index contributed by atoms with van der Waals surface area (Å²) in [5.74, 6) is -19.0. The van der Waals surface area contributed by atoms with Gasteiger partial charge in [0.2, 0.25) is 6.33 Å². The number of halogens is 9. The molecule has 0 spiro atoms. The summed E-state index contributed by atoms with van der Waals surface area (Å²) in [6.07, 6.45) is -1.47. The smallest absolute Gasteiger partial charge is 0.237 e. The van der Waals surface area contributed by atoms with Gasteiger partial charge in [-0.15, -0.1) is 4.68 Å². The molecule has 0 aliphatic heterocycles. The molecule has 0 aliphatic rings. The number of hydrogen-bond donors (Lipinski definition) is 0. The van der Waals surface area contributed by atoms with Gasteiger partial charge in [-0.05, 0) is 6.42 Å². The molecule has 1 aromatic rings. The van der Waals surface area contributed by atoms with Crippen molar-refractivity contribution in [2.24, 2.45) is 0 Å². The minimum absolute atomic E-state index is 0.489. The van der Waals surface area contributed by atoms with Crippen LogP contribution in [0, 0.1) is 0 Å². The number of aromatic nitrogens is 3. The minimum Gasteiger partial charge on any atom is -0.237 e. The van der Waals surface area contributed by atoms with Gasteiger partial charge in [-0.25, -0.2) is 4.57 Å². The van der Waals surface area contributed by atoms with Crippen LogP contribution in [0.15, 0.2) is 12.7 Å². The average molecular weight is 414 g/mol. The highest BCUT2D eigenvalue weighted by Gasteiger charge is 2.81. The first-order valence-electron chi connectivity index (χ1n) is 8.38. The van der Waals surface area contributed by atoms with Crippen molar-refractivity contribution in [1.82, 2.24) is 9.78 Å². The normalized spacial score (nSPS) is 14.0. The Morgan fingerprint density at radius 3 is 2.00 bits per heavy atom. The molecule has 0 atom stereocenters. The largest absolute Gasteiger partial charge is 0.460 e. The third-order valence-corrected chi connectivity index (χ3v) is 4.01. The van der Waals surface area contributed by atoms with Crippen LogP contribution in [0.1, 0.15) is 45.4 Å². The first-order valence-corrected chi connectivity index (χ1v) is 8.38. The van der Waals surface area contributed by atoms with E-state index in [2.05, 4.69) is 5.10 Å². The van der Waals surface area contributed by atoms with Crippen LogP contribution in [-0.2, 0) is 13.1 Å². The van der Waals surface area contributed by atoms with E-state index in [0.717, 1.165) is 36.8 Å². The van der Waals surface area contributed by atoms with Crippen molar-refractivity contribution >= 4 is 0 Å². The summed E-state index contributed by atoms with van der Waals surface area (Å²) in [4.78, 5) is 0. The van der Waals surface area contributed by atoms with Gasteiger partial charge in [0.1, 0.15) is 6.54 Å². The molecule has 0 aromatic carbocycles. The predicted molar refractivity (Wildman–Crippen MR) is 76.7 cm³/mol. The van der Waals surface area contributed by atoms with Gasteiger partial charge in [0, 0.05) is 5.10 Å². The number of alkyl halides is 9. The Hall–Kier alpha value is -1.49. The lowest BCUT2D eigenvalue weighted by Gasteiger charge is -2.33. The highest BCUT2D eigenvalue weighted by Crippen LogP contribution is 2.54. The lowest BCUT2D eigenvalue weighted by atomic mass is 10.0. The van der Waals surface area contributed by atoms with Gasteiger partial charge in [-0.3, -0.25) is 0 Å². The van der Waals surface area contributed by atoms with Crippen LogP contribution in [0.3, 0.4) is 0 Å². The van der Waals surface area contributed by atoms with Crippen LogP contribution >= 0.6 is 0 Å². The first kappa shape index (κ1) is 23.5. The second-order valence-electron chi connectivity index (χ2n) is 6.26. The Kier molecular flexibility index (Phi) is 7.57. The molecule has 0 amide bonds. The van der Waals surface area contributed by atoms with E-state index < -0.39 is 36.9 Å². The molecule has 1 rings (SSSR count). The standard InChI is InChI=1S/C15H21F9N3/c1-2-3-4-5-6-8-26-10-25-27(11-26)9-7-12(16,17)13(18,19)14(20,21)15(22,23)24/h10-11H,2-9H2,1H3/q+1. The van der Waals surface area contributed by atoms with E-state index in [1.165, 1.54) is 17.2 Å². The van der Waals surface area contributed by atoms with Crippen molar-refractivity contribution in [2.45, 2.75) is 82.5 Å². The second kappa shape index (κ2) is 8.68. The molecule has 0 saturated heterocycles. The summed E-state index contributed by atoms with van der Waals surface area (Å²) in [5.41, 5.74) is 0. The Morgan fingerprint density at radius 2 is 1.44 bits per heavy atom. The van der Waals surface area contributed by atoms with Crippen molar-refractivity contribution < 1.29 is 44.1 Å². The molecule has 0 radical (unpaired) electrons. The highest BCUT2D eigenvalue weighted by molar-refractivity contribution is 5.00. The molecule has 0 fully saturated rings. The summed E-state index contributed by atoms with van der Waals surface area (Å²) >= 11 is 0. The van der Waals surface area contributed by atoms with Gasteiger partial charge in [-0.2, -0.15) is 39.5 Å². The Morgan fingerprint density at radius 1 is 0.852 bits per heavy atom. The molecule has 0 saturated carbocycles. The van der Waals surface area contributed by atoms with E-state index in [1.807, 2.05) is 6.92 Å². The van der Waals surface area contributed by atoms with Crippen LogP contribution in [0.4, 0.5) is 39.5 Å². The van der Waals surface area contributed by atoms with E-state index in [4.69, 9.17) is 0 Å². The summed E-state index contributed by atoms with van der Waals surface area (Å²) in [7, 11) is 0. The minimum atomic E-state index is -6.86. The fourth-order valence-corrected chi connectivity index (χ4v) is 2.31. The van der Waals surface area contributed by atoms with Gasteiger partial charge in [0.05, 0.1) is 13.0 Å². The maximum absolute atomic E-state index is 13.5. The van der Waals surface area contributed by atoms with Crippen molar-refractivity contribution in [3.05, 3.63) is 12.7 Å². The Balaban J connectivity index is 2.66. The van der Waals surface area contributed by atoms with Crippen LogP contribution in [0.5, 0.6) is 0 Å². The van der Waals surface area contributed by atoms with Gasteiger partial charge >= 0.3 is 23.9 Å². The number of rotatable bonds is 11. The fourth-order valence-electron chi connectivity index (χ4n) is 2.31. The summed E-state index contributed by atoms with van der Waals surface area (Å²) in [5, 5.41) is 3.62. The van der Waals surface area contributed by atoms with Crippen LogP contribution < -0.4 is 4.57 Å². The van der Waals surface area contributed by atoms with Crippen LogP contribution in [0.25, 0.3) is 0 Å². The number of aryl methyl sites for hydroxylation is 2. The van der Waals surface area contributed by atoms with E-state index in [1.54, 1.807) is 0 Å². The Labute approximate surface area is 150 Å². The Bertz CT molecular complexity index is 581. The molecule has 0 unspecified atom stereocenters. The topological polar surface area (TPSA) is 21.7 Å². The molecule has 0 N–H and O–H groups in total. The lowest BCUT2D eigenvalue weighted by Crippen LogP contribution is -2.61. The molecule has 12 heteroatoms. The van der Waals surface area contributed by atoms with Gasteiger partial charge in [0.25, 0.3) is 6.33 Å². The molecule has 1 aromatic heterocycles. The number of nitrogens with zero attached hydrogens (tertiary/aromatic N) is 3. The van der Waals surface area contributed by atoms with Gasteiger partial charge < -0.3 is 0 Å². The molecule has 0 aliphatic carbocycles. The maximum Gasteiger partial charge on any atom is 0.460 e. The molecular weight excluding hydrogens is 393 g/mol. The van der Waals surface area contributed by atoms with E-state index in [0.29, 0.717) is 6.54 Å². The zero-order chi connectivity index (χ0) is 20.9. The lowest BCUT2D eigenvalue weighted by molar-refractivity contribution is -0.698. The van der Waals surface area contributed by atoms with Crippen LogP contribution in [-0.4, -0.2) is 33.7 Å². The van der Waals surface area contributed by atoms with E-state index >= 15 is 0 Å². The van der Waals surface area contributed by atoms with Crippen LogP contribution in [0.2, 0.25) is 0 Å². The third-order valence-electron chi connectivity index (χ3n) is 4.01. The molecule has 1 heterocycles. The number of hydrogen-bond acceptors (Lipinski definition) is 1. The quantitative estimate of drug-likeness (QED) is 0.284. The van der Waals surface area contributed by atoms with Crippen molar-refractivity contribution in [3.63, 3.8) is 0 Å². The molecule has 0 bridgehead atoms. The third kappa shape index (κ3) is 5.50. The van der Waals surface area contributed by atoms with Crippen molar-refractivity contribution in [3.8, 4) is 0 Å². The predicted octanol–water partition coefficient (Wildman–Crippen LogP) is 5.00. The number of unbranched alkanes of at least 4 members (excludes halogenated alkanes) is 4. The average Bonchev–Trinajstić information content (AvgIpc) is 2.99. The maximum atomic E-state index is 13.5. The molecule has 158 valence electrons. The van der Waals surface area contributed by atoms with E-state index in [-0.39, 0.29) is 0 Å². The molecular formula is C15H21F9N3+. The summed E-state index contributed by atoms with van der Waals surface area (Å²) in [6, 6.07) is 0. The van der Waals surface area contributed by atoms with E-state index in [9.17, 15) is 39.5 Å². The van der Waals surface area contributed by atoms with Gasteiger partial charge in [0.15, 0.2) is 0 Å². The molecule has 3 nitrogen and oxygen atoms in total. The van der Waals surface area contributed by atoms with Crippen molar-refractivity contribution in [1.29, 1.82) is 0 Å². The zero-order valence-corrected chi connectivity index (χ0v) is 14.6.